The molecule has 4 nitrogen and oxygen atoms in total. The summed E-state index contributed by atoms with van der Waals surface area (Å²) in [5.41, 5.74) is 0.0934. The average Bonchev–Trinajstić information content (AvgIpc) is 2.52. The van der Waals surface area contributed by atoms with Crippen molar-refractivity contribution in [1.29, 1.82) is 0 Å². The zero-order valence-electron chi connectivity index (χ0n) is 13.3. The number of anilines is 1. The van der Waals surface area contributed by atoms with E-state index in [2.05, 4.69) is 21.2 Å². The first-order valence-corrected chi connectivity index (χ1v) is 8.06. The minimum atomic E-state index is -1.68. The summed E-state index contributed by atoms with van der Waals surface area (Å²) in [4.78, 5) is 23.9. The molecule has 8 heteroatoms. The minimum Gasteiger partial charge on any atom is -0.307 e. The van der Waals surface area contributed by atoms with Crippen LogP contribution >= 0.6 is 15.9 Å². The largest absolute Gasteiger partial charge is 0.326 e. The Hall–Kier alpha value is -2.35. The summed E-state index contributed by atoms with van der Waals surface area (Å²) in [6.07, 6.45) is 0. The minimum absolute atomic E-state index is 0.0997. The first-order valence-electron chi connectivity index (χ1n) is 7.26. The maximum atomic E-state index is 13.8. The van der Waals surface area contributed by atoms with Crippen molar-refractivity contribution in [2.45, 2.75) is 19.8 Å². The summed E-state index contributed by atoms with van der Waals surface area (Å²) in [6.45, 7) is 3.83. The van der Waals surface area contributed by atoms with Gasteiger partial charge in [-0.25, -0.2) is 18.0 Å². The number of para-hydroxylation sites is 1. The van der Waals surface area contributed by atoms with Crippen LogP contribution in [-0.4, -0.2) is 11.9 Å². The van der Waals surface area contributed by atoms with Crippen molar-refractivity contribution in [3.63, 3.8) is 0 Å². The Morgan fingerprint density at radius 2 is 1.72 bits per heavy atom. The second kappa shape index (κ2) is 7.69. The van der Waals surface area contributed by atoms with Gasteiger partial charge in [-0.05, 0) is 39.5 Å². The van der Waals surface area contributed by atoms with Crippen molar-refractivity contribution in [1.82, 2.24) is 5.32 Å². The quantitative estimate of drug-likeness (QED) is 0.551. The fraction of sp³-hybridized carbons (Fsp3) is 0.176. The zero-order valence-corrected chi connectivity index (χ0v) is 14.9. The second-order valence-electron chi connectivity index (χ2n) is 5.49. The second-order valence-corrected chi connectivity index (χ2v) is 6.35. The lowest BCUT2D eigenvalue weighted by molar-refractivity contribution is 0.0957. The van der Waals surface area contributed by atoms with Crippen LogP contribution in [0.1, 0.15) is 35.7 Å². The Morgan fingerprint density at radius 3 is 2.36 bits per heavy atom. The van der Waals surface area contributed by atoms with E-state index in [1.54, 1.807) is 29.6 Å². The standard InChI is InChI=1S/C17H14BrF3N2O2/c1-8(2)9-5-3-4-6-12(9)22-17(25)23-16(24)13-11(19)7-10(18)14(20)15(13)21/h3-8H,1-2H3,(H2,22,23,24,25). The average molecular weight is 415 g/mol. The molecule has 0 aromatic heterocycles. The maximum absolute atomic E-state index is 13.8. The predicted octanol–water partition coefficient (Wildman–Crippen LogP) is 4.95. The number of carbonyl (C=O) groups is 2. The lowest BCUT2D eigenvalue weighted by Crippen LogP contribution is -2.35. The Morgan fingerprint density at radius 1 is 1.08 bits per heavy atom. The fourth-order valence-electron chi connectivity index (χ4n) is 2.21. The first kappa shape index (κ1) is 19.0. The van der Waals surface area contributed by atoms with Gasteiger partial charge in [-0.1, -0.05) is 32.0 Å². The lowest BCUT2D eigenvalue weighted by atomic mass is 10.0. The van der Waals surface area contributed by atoms with E-state index in [1.807, 2.05) is 13.8 Å². The van der Waals surface area contributed by atoms with Gasteiger partial charge in [0.2, 0.25) is 0 Å². The summed E-state index contributed by atoms with van der Waals surface area (Å²) in [6, 6.07) is 6.52. The Kier molecular flexibility index (Phi) is 5.84. The summed E-state index contributed by atoms with van der Waals surface area (Å²) in [7, 11) is 0. The van der Waals surface area contributed by atoms with Crippen LogP contribution in [0.5, 0.6) is 0 Å². The molecule has 0 spiro atoms. The van der Waals surface area contributed by atoms with Crippen LogP contribution in [0, 0.1) is 17.5 Å². The highest BCUT2D eigenvalue weighted by molar-refractivity contribution is 9.10. The van der Waals surface area contributed by atoms with Crippen molar-refractivity contribution < 1.29 is 22.8 Å². The topological polar surface area (TPSA) is 58.2 Å². The van der Waals surface area contributed by atoms with Gasteiger partial charge in [-0.2, -0.15) is 0 Å². The van der Waals surface area contributed by atoms with E-state index in [-0.39, 0.29) is 5.92 Å². The zero-order chi connectivity index (χ0) is 18.7. The molecular formula is C17H14BrF3N2O2. The van der Waals surface area contributed by atoms with Gasteiger partial charge in [-0.15, -0.1) is 0 Å². The van der Waals surface area contributed by atoms with Gasteiger partial charge in [0, 0.05) is 5.69 Å². The van der Waals surface area contributed by atoms with Crippen LogP contribution < -0.4 is 10.6 Å². The number of rotatable bonds is 3. The van der Waals surface area contributed by atoms with Gasteiger partial charge in [-0.3, -0.25) is 10.1 Å². The third-order valence-corrected chi connectivity index (χ3v) is 3.98. The van der Waals surface area contributed by atoms with Crippen LogP contribution in [-0.2, 0) is 0 Å². The molecule has 0 heterocycles. The number of imide groups is 1. The molecule has 0 atom stereocenters. The molecule has 0 aliphatic heterocycles. The highest BCUT2D eigenvalue weighted by Gasteiger charge is 2.24. The van der Waals surface area contributed by atoms with Gasteiger partial charge in [0.05, 0.1) is 4.47 Å². The molecule has 2 N–H and O–H groups in total. The van der Waals surface area contributed by atoms with Crippen LogP contribution in [0.2, 0.25) is 0 Å². The smallest absolute Gasteiger partial charge is 0.307 e. The molecule has 0 aliphatic rings. The molecule has 0 radical (unpaired) electrons. The molecule has 2 aromatic rings. The van der Waals surface area contributed by atoms with E-state index < -0.39 is 39.4 Å². The Bertz CT molecular complexity index is 841. The van der Waals surface area contributed by atoms with Crippen molar-refractivity contribution >= 4 is 33.6 Å². The summed E-state index contributed by atoms with van der Waals surface area (Å²) in [5, 5.41) is 4.23. The molecule has 0 aliphatic carbocycles. The van der Waals surface area contributed by atoms with Gasteiger partial charge >= 0.3 is 6.03 Å². The van der Waals surface area contributed by atoms with E-state index in [4.69, 9.17) is 0 Å². The van der Waals surface area contributed by atoms with Gasteiger partial charge in [0.25, 0.3) is 5.91 Å². The number of benzene rings is 2. The molecule has 0 bridgehead atoms. The van der Waals surface area contributed by atoms with E-state index in [1.165, 1.54) is 0 Å². The molecular weight excluding hydrogens is 401 g/mol. The lowest BCUT2D eigenvalue weighted by Gasteiger charge is -2.14. The summed E-state index contributed by atoms with van der Waals surface area (Å²) in [5.74, 6) is -5.68. The number of urea groups is 1. The SMILES string of the molecule is CC(C)c1ccccc1NC(=O)NC(=O)c1c(F)cc(Br)c(F)c1F. The number of nitrogens with one attached hydrogen (secondary N) is 2. The van der Waals surface area contributed by atoms with Crippen LogP contribution in [0.15, 0.2) is 34.8 Å². The van der Waals surface area contributed by atoms with E-state index in [0.717, 1.165) is 5.56 Å². The normalized spacial score (nSPS) is 10.7. The first-order chi connectivity index (χ1) is 11.7. The highest BCUT2D eigenvalue weighted by atomic mass is 79.9. The molecule has 2 aromatic carbocycles. The molecule has 132 valence electrons. The Labute approximate surface area is 150 Å². The molecule has 2 rings (SSSR count). The fourth-order valence-corrected chi connectivity index (χ4v) is 2.58. The summed E-state index contributed by atoms with van der Waals surface area (Å²) < 4.78 is 40.6. The van der Waals surface area contributed by atoms with Gasteiger partial charge in [0.15, 0.2) is 11.6 Å². The number of hydrogen-bond acceptors (Lipinski definition) is 2. The molecule has 0 unspecified atom stereocenters. The molecule has 0 saturated carbocycles. The Balaban J connectivity index is 2.20. The van der Waals surface area contributed by atoms with Crippen LogP contribution in [0.3, 0.4) is 0 Å². The molecule has 0 saturated heterocycles. The predicted molar refractivity (Wildman–Crippen MR) is 91.0 cm³/mol. The summed E-state index contributed by atoms with van der Waals surface area (Å²) >= 11 is 2.63. The number of carbonyl (C=O) groups excluding carboxylic acids is 2. The molecule has 3 amide bonds. The van der Waals surface area contributed by atoms with Crippen LogP contribution in [0.4, 0.5) is 23.7 Å². The third-order valence-electron chi connectivity index (χ3n) is 3.40. The van der Waals surface area contributed by atoms with Crippen molar-refractivity contribution in [3.8, 4) is 0 Å². The van der Waals surface area contributed by atoms with E-state index >= 15 is 0 Å². The molecule has 25 heavy (non-hydrogen) atoms. The van der Waals surface area contributed by atoms with E-state index in [0.29, 0.717) is 11.8 Å². The van der Waals surface area contributed by atoms with Crippen molar-refractivity contribution in [2.75, 3.05) is 5.32 Å². The maximum Gasteiger partial charge on any atom is 0.326 e. The molecule has 0 fully saturated rings. The van der Waals surface area contributed by atoms with Gasteiger partial charge in [0.1, 0.15) is 11.4 Å². The van der Waals surface area contributed by atoms with E-state index in [9.17, 15) is 22.8 Å². The number of amides is 3. The van der Waals surface area contributed by atoms with Crippen LogP contribution in [0.25, 0.3) is 0 Å². The monoisotopic (exact) mass is 414 g/mol. The van der Waals surface area contributed by atoms with Gasteiger partial charge < -0.3 is 5.32 Å². The third kappa shape index (κ3) is 4.19. The number of halogens is 4. The van der Waals surface area contributed by atoms with Crippen molar-refractivity contribution in [3.05, 3.63) is 63.4 Å². The van der Waals surface area contributed by atoms with Crippen molar-refractivity contribution in [2.24, 2.45) is 0 Å². The number of hydrogen-bond donors (Lipinski definition) is 2. The highest BCUT2D eigenvalue weighted by Crippen LogP contribution is 2.25.